The van der Waals surface area contributed by atoms with Crippen LogP contribution in [0, 0.1) is 17.0 Å². The summed E-state index contributed by atoms with van der Waals surface area (Å²) < 4.78 is 5.33. The Balaban J connectivity index is 2.13. The molecule has 0 saturated heterocycles. The molecule has 0 fully saturated rings. The molecule has 25 heavy (non-hydrogen) atoms. The van der Waals surface area contributed by atoms with Crippen LogP contribution in [-0.2, 0) is 4.79 Å². The number of benzene rings is 2. The molecular formula is C19H20N2O4. The lowest BCUT2D eigenvalue weighted by atomic mass is 10.0. The van der Waals surface area contributed by atoms with Crippen molar-refractivity contribution < 1.29 is 14.5 Å². The number of aryl methyl sites for hydroxylation is 1. The van der Waals surface area contributed by atoms with E-state index in [4.69, 9.17) is 4.74 Å². The first kappa shape index (κ1) is 18.2. The third-order valence-corrected chi connectivity index (χ3v) is 3.76. The van der Waals surface area contributed by atoms with Gasteiger partial charge in [0.1, 0.15) is 5.75 Å². The molecule has 1 amide bonds. The topological polar surface area (TPSA) is 81.5 Å². The van der Waals surface area contributed by atoms with Gasteiger partial charge in [-0.3, -0.25) is 14.9 Å². The Hall–Kier alpha value is -3.15. The van der Waals surface area contributed by atoms with E-state index in [9.17, 15) is 14.9 Å². The summed E-state index contributed by atoms with van der Waals surface area (Å²) in [6.45, 7) is 3.82. The largest absolute Gasteiger partial charge is 0.496 e. The molecule has 0 spiro atoms. The lowest BCUT2D eigenvalue weighted by Crippen LogP contribution is -2.25. The fourth-order valence-electron chi connectivity index (χ4n) is 2.49. The molecule has 0 aliphatic rings. The van der Waals surface area contributed by atoms with E-state index in [1.54, 1.807) is 25.3 Å². The van der Waals surface area contributed by atoms with Gasteiger partial charge in [-0.15, -0.1) is 0 Å². The van der Waals surface area contributed by atoms with Crippen LogP contribution in [-0.4, -0.2) is 17.9 Å². The molecular weight excluding hydrogens is 320 g/mol. The Bertz CT molecular complexity index is 815. The smallest absolute Gasteiger partial charge is 0.276 e. The minimum atomic E-state index is -0.474. The van der Waals surface area contributed by atoms with Crippen LogP contribution in [0.4, 0.5) is 5.69 Å². The molecule has 130 valence electrons. The van der Waals surface area contributed by atoms with E-state index in [1.165, 1.54) is 18.2 Å². The molecule has 0 aliphatic heterocycles. The predicted octanol–water partition coefficient (Wildman–Crippen LogP) is 3.80. The van der Waals surface area contributed by atoms with Crippen molar-refractivity contribution in [2.24, 2.45) is 0 Å². The van der Waals surface area contributed by atoms with Crippen molar-refractivity contribution in [2.45, 2.75) is 19.9 Å². The van der Waals surface area contributed by atoms with Crippen molar-refractivity contribution >= 4 is 17.7 Å². The van der Waals surface area contributed by atoms with Crippen LogP contribution in [0.25, 0.3) is 6.08 Å². The maximum absolute atomic E-state index is 12.2. The first-order chi connectivity index (χ1) is 11.9. The van der Waals surface area contributed by atoms with E-state index in [-0.39, 0.29) is 17.6 Å². The number of nitro groups is 1. The van der Waals surface area contributed by atoms with Gasteiger partial charge in [-0.25, -0.2) is 0 Å². The number of hydrogen-bond acceptors (Lipinski definition) is 4. The summed E-state index contributed by atoms with van der Waals surface area (Å²) in [5.41, 5.74) is 2.27. The van der Waals surface area contributed by atoms with Crippen LogP contribution in [0.3, 0.4) is 0 Å². The van der Waals surface area contributed by atoms with Crippen molar-refractivity contribution in [1.82, 2.24) is 5.32 Å². The lowest BCUT2D eigenvalue weighted by molar-refractivity contribution is -0.385. The van der Waals surface area contributed by atoms with E-state index in [0.29, 0.717) is 11.3 Å². The Kier molecular flexibility index (Phi) is 5.89. The average Bonchev–Trinajstić information content (AvgIpc) is 2.60. The van der Waals surface area contributed by atoms with Gasteiger partial charge in [-0.05, 0) is 32.1 Å². The quantitative estimate of drug-likeness (QED) is 0.492. The zero-order valence-corrected chi connectivity index (χ0v) is 14.4. The van der Waals surface area contributed by atoms with E-state index < -0.39 is 4.92 Å². The van der Waals surface area contributed by atoms with Gasteiger partial charge in [-0.1, -0.05) is 29.8 Å². The maximum Gasteiger partial charge on any atom is 0.276 e. The second-order valence-electron chi connectivity index (χ2n) is 5.62. The average molecular weight is 340 g/mol. The summed E-state index contributed by atoms with van der Waals surface area (Å²) in [7, 11) is 1.58. The maximum atomic E-state index is 12.2. The molecule has 1 atom stereocenters. The molecule has 0 aromatic heterocycles. The molecule has 6 heteroatoms. The van der Waals surface area contributed by atoms with Crippen LogP contribution in [0.15, 0.2) is 48.5 Å². The molecule has 0 unspecified atom stereocenters. The molecule has 0 radical (unpaired) electrons. The van der Waals surface area contributed by atoms with E-state index >= 15 is 0 Å². The minimum absolute atomic E-state index is 0.0417. The van der Waals surface area contributed by atoms with Crippen LogP contribution in [0.2, 0.25) is 0 Å². The van der Waals surface area contributed by atoms with Crippen molar-refractivity contribution in [2.75, 3.05) is 7.11 Å². The number of carbonyl (C=O) groups excluding carboxylic acids is 1. The minimum Gasteiger partial charge on any atom is -0.496 e. The number of nitro benzene ring substituents is 1. The number of ether oxygens (including phenoxy) is 1. The second-order valence-corrected chi connectivity index (χ2v) is 5.62. The Morgan fingerprint density at radius 3 is 2.68 bits per heavy atom. The number of amides is 1. The molecule has 2 aromatic rings. The van der Waals surface area contributed by atoms with Gasteiger partial charge in [0, 0.05) is 17.7 Å². The molecule has 2 rings (SSSR count). The first-order valence-corrected chi connectivity index (χ1v) is 7.79. The molecule has 6 nitrogen and oxygen atoms in total. The lowest BCUT2D eigenvalue weighted by Gasteiger charge is -2.17. The number of hydrogen-bond donors (Lipinski definition) is 1. The van der Waals surface area contributed by atoms with E-state index in [0.717, 1.165) is 11.1 Å². The highest BCUT2D eigenvalue weighted by Gasteiger charge is 2.14. The SMILES string of the molecule is COc1ccc(C)cc1[C@H](C)NC(=O)/C=C/c1ccccc1[N+](=O)[O-]. The molecule has 1 N–H and O–H groups in total. The van der Waals surface area contributed by atoms with E-state index in [2.05, 4.69) is 5.32 Å². The van der Waals surface area contributed by atoms with E-state index in [1.807, 2.05) is 32.0 Å². The molecule has 0 aliphatic carbocycles. The van der Waals surface area contributed by atoms with Gasteiger partial charge in [0.05, 0.1) is 23.6 Å². The van der Waals surface area contributed by atoms with Crippen molar-refractivity contribution in [3.8, 4) is 5.75 Å². The molecule has 2 aromatic carbocycles. The normalized spacial score (nSPS) is 12.0. The number of para-hydroxylation sites is 1. The third kappa shape index (κ3) is 4.67. The third-order valence-electron chi connectivity index (χ3n) is 3.76. The highest BCUT2D eigenvalue weighted by molar-refractivity contribution is 5.92. The van der Waals surface area contributed by atoms with Gasteiger partial charge in [0.25, 0.3) is 5.69 Å². The van der Waals surface area contributed by atoms with Gasteiger partial charge in [-0.2, -0.15) is 0 Å². The van der Waals surface area contributed by atoms with Gasteiger partial charge in [0.2, 0.25) is 5.91 Å². The number of nitrogens with one attached hydrogen (secondary N) is 1. The monoisotopic (exact) mass is 340 g/mol. The highest BCUT2D eigenvalue weighted by Crippen LogP contribution is 2.26. The Labute approximate surface area is 146 Å². The van der Waals surface area contributed by atoms with Crippen molar-refractivity contribution in [3.63, 3.8) is 0 Å². The van der Waals surface area contributed by atoms with Crippen molar-refractivity contribution in [1.29, 1.82) is 0 Å². The standard InChI is InChI=1S/C19H20N2O4/c1-13-8-10-18(25-3)16(12-13)14(2)20-19(22)11-9-15-6-4-5-7-17(15)21(23)24/h4-12,14H,1-3H3,(H,20,22)/b11-9+/t14-/m0/s1. The molecule has 0 heterocycles. The van der Waals surface area contributed by atoms with Gasteiger partial charge >= 0.3 is 0 Å². The molecule has 0 saturated carbocycles. The van der Waals surface area contributed by atoms with Gasteiger partial charge < -0.3 is 10.1 Å². The number of carbonyl (C=O) groups is 1. The Morgan fingerprint density at radius 2 is 2.00 bits per heavy atom. The number of nitrogens with zero attached hydrogens (tertiary/aromatic N) is 1. The summed E-state index contributed by atoms with van der Waals surface area (Å²) >= 11 is 0. The Morgan fingerprint density at radius 1 is 1.28 bits per heavy atom. The summed E-state index contributed by atoms with van der Waals surface area (Å²) in [5.74, 6) is 0.357. The van der Waals surface area contributed by atoms with Crippen LogP contribution in [0.1, 0.15) is 29.7 Å². The first-order valence-electron chi connectivity index (χ1n) is 7.79. The summed E-state index contributed by atoms with van der Waals surface area (Å²) in [6.07, 6.45) is 2.73. The highest BCUT2D eigenvalue weighted by atomic mass is 16.6. The zero-order valence-electron chi connectivity index (χ0n) is 14.4. The van der Waals surface area contributed by atoms with Crippen molar-refractivity contribution in [3.05, 3.63) is 75.3 Å². The summed E-state index contributed by atoms with van der Waals surface area (Å²) in [4.78, 5) is 22.7. The molecule has 0 bridgehead atoms. The van der Waals surface area contributed by atoms with Gasteiger partial charge in [0.15, 0.2) is 0 Å². The predicted molar refractivity (Wildman–Crippen MR) is 96.4 cm³/mol. The summed E-state index contributed by atoms with van der Waals surface area (Å²) in [5, 5.41) is 13.8. The zero-order chi connectivity index (χ0) is 18.4. The van der Waals surface area contributed by atoms with Crippen LogP contribution < -0.4 is 10.1 Å². The summed E-state index contributed by atoms with van der Waals surface area (Å²) in [6, 6.07) is 11.7. The fourth-order valence-corrected chi connectivity index (χ4v) is 2.49. The second kappa shape index (κ2) is 8.10. The van der Waals surface area contributed by atoms with Crippen LogP contribution >= 0.6 is 0 Å². The fraction of sp³-hybridized carbons (Fsp3) is 0.211. The number of rotatable bonds is 6. The van der Waals surface area contributed by atoms with Crippen LogP contribution in [0.5, 0.6) is 5.75 Å². The number of methoxy groups -OCH3 is 1.